The fraction of sp³-hybridized carbons (Fsp3) is 0.222. The summed E-state index contributed by atoms with van der Waals surface area (Å²) in [6.07, 6.45) is 0. The van der Waals surface area contributed by atoms with Crippen LogP contribution >= 0.6 is 15.9 Å². The van der Waals surface area contributed by atoms with Gasteiger partial charge in [-0.1, -0.05) is 22.0 Å². The molecule has 1 heterocycles. The maximum Gasteiger partial charge on any atom is 0.248 e. The number of aryl methyl sites for hydroxylation is 1. The van der Waals surface area contributed by atoms with Crippen LogP contribution < -0.4 is 5.32 Å². The minimum absolute atomic E-state index is 0.0970. The SMILES string of the molecule is Cc1ccc(S(=O)(=O)N(C)C)cc1NC(=O)Cn1nnc(-c2ccc(Br)cc2)n1. The van der Waals surface area contributed by atoms with Crippen LogP contribution in [0.15, 0.2) is 51.8 Å². The summed E-state index contributed by atoms with van der Waals surface area (Å²) in [6, 6.07) is 12.0. The van der Waals surface area contributed by atoms with Gasteiger partial charge in [0.15, 0.2) is 0 Å². The molecule has 0 radical (unpaired) electrons. The predicted octanol–water partition coefficient (Wildman–Crippen LogP) is 2.30. The number of aromatic nitrogens is 4. The van der Waals surface area contributed by atoms with Crippen LogP contribution in [0.4, 0.5) is 5.69 Å². The quantitative estimate of drug-likeness (QED) is 0.581. The summed E-state index contributed by atoms with van der Waals surface area (Å²) in [5.41, 5.74) is 1.92. The molecule has 2 aromatic carbocycles. The van der Waals surface area contributed by atoms with Crippen LogP contribution in [0.25, 0.3) is 11.4 Å². The first-order valence-corrected chi connectivity index (χ1v) is 10.8. The van der Waals surface area contributed by atoms with E-state index in [4.69, 9.17) is 0 Å². The van der Waals surface area contributed by atoms with E-state index in [9.17, 15) is 13.2 Å². The molecule has 0 aliphatic carbocycles. The molecule has 0 saturated heterocycles. The van der Waals surface area contributed by atoms with Gasteiger partial charge < -0.3 is 5.32 Å². The summed E-state index contributed by atoms with van der Waals surface area (Å²) in [5, 5.41) is 14.8. The van der Waals surface area contributed by atoms with E-state index in [1.807, 2.05) is 24.3 Å². The first-order valence-electron chi connectivity index (χ1n) is 8.53. The lowest BCUT2D eigenvalue weighted by atomic mass is 10.2. The summed E-state index contributed by atoms with van der Waals surface area (Å²) in [5.74, 6) is 0.00723. The summed E-state index contributed by atoms with van der Waals surface area (Å²) in [4.78, 5) is 13.7. The van der Waals surface area contributed by atoms with E-state index in [0.717, 1.165) is 19.9 Å². The molecular formula is C18H19BrN6O3S. The number of halogens is 1. The van der Waals surface area contributed by atoms with Crippen LogP contribution in [0.3, 0.4) is 0 Å². The topological polar surface area (TPSA) is 110 Å². The van der Waals surface area contributed by atoms with Gasteiger partial charge >= 0.3 is 0 Å². The average molecular weight is 479 g/mol. The third-order valence-corrected chi connectivity index (χ3v) is 6.44. The van der Waals surface area contributed by atoms with Gasteiger partial charge in [-0.3, -0.25) is 4.79 Å². The molecule has 1 N–H and O–H groups in total. The summed E-state index contributed by atoms with van der Waals surface area (Å²) < 4.78 is 26.7. The van der Waals surface area contributed by atoms with Gasteiger partial charge in [-0.05, 0) is 54.1 Å². The highest BCUT2D eigenvalue weighted by molar-refractivity contribution is 9.10. The van der Waals surface area contributed by atoms with Crippen LogP contribution in [-0.4, -0.2) is 52.9 Å². The fourth-order valence-corrected chi connectivity index (χ4v) is 3.64. The number of anilines is 1. The van der Waals surface area contributed by atoms with E-state index in [0.29, 0.717) is 11.5 Å². The molecule has 0 aliphatic heterocycles. The fourth-order valence-electron chi connectivity index (χ4n) is 2.45. The smallest absolute Gasteiger partial charge is 0.248 e. The number of sulfonamides is 1. The molecule has 0 spiro atoms. The minimum Gasteiger partial charge on any atom is -0.324 e. The van der Waals surface area contributed by atoms with E-state index in [2.05, 4.69) is 36.7 Å². The summed E-state index contributed by atoms with van der Waals surface area (Å²) in [6.45, 7) is 1.62. The lowest BCUT2D eigenvalue weighted by Crippen LogP contribution is -2.23. The number of rotatable bonds is 6. The van der Waals surface area contributed by atoms with Crippen LogP contribution in [0, 0.1) is 6.92 Å². The lowest BCUT2D eigenvalue weighted by molar-refractivity contribution is -0.117. The Morgan fingerprint density at radius 1 is 1.17 bits per heavy atom. The zero-order valence-electron chi connectivity index (χ0n) is 16.0. The number of hydrogen-bond donors (Lipinski definition) is 1. The van der Waals surface area contributed by atoms with Crippen LogP contribution in [0.2, 0.25) is 0 Å². The predicted molar refractivity (Wildman–Crippen MR) is 112 cm³/mol. The molecule has 11 heteroatoms. The second kappa shape index (κ2) is 8.39. The Kier molecular flexibility index (Phi) is 6.10. The van der Waals surface area contributed by atoms with Gasteiger partial charge in [0, 0.05) is 29.8 Å². The van der Waals surface area contributed by atoms with E-state index in [-0.39, 0.29) is 11.4 Å². The Labute approximate surface area is 176 Å². The first-order chi connectivity index (χ1) is 13.7. The van der Waals surface area contributed by atoms with Crippen molar-refractivity contribution < 1.29 is 13.2 Å². The van der Waals surface area contributed by atoms with Gasteiger partial charge in [0.1, 0.15) is 6.54 Å². The molecule has 0 atom stereocenters. The standard InChI is InChI=1S/C18H19BrN6O3S/c1-12-4-9-15(29(27,28)24(2)3)10-16(12)20-17(26)11-25-22-18(21-23-25)13-5-7-14(19)8-6-13/h4-10H,11H2,1-3H3,(H,20,26). The number of carbonyl (C=O) groups excluding carboxylic acids is 1. The number of nitrogens with zero attached hydrogens (tertiary/aromatic N) is 5. The second-order valence-corrected chi connectivity index (χ2v) is 9.53. The monoisotopic (exact) mass is 478 g/mol. The molecule has 0 unspecified atom stereocenters. The highest BCUT2D eigenvalue weighted by Gasteiger charge is 2.19. The number of nitrogens with one attached hydrogen (secondary N) is 1. The van der Waals surface area contributed by atoms with Crippen LogP contribution in [0.1, 0.15) is 5.56 Å². The van der Waals surface area contributed by atoms with Crippen molar-refractivity contribution in [1.82, 2.24) is 24.5 Å². The molecule has 0 saturated carbocycles. The Bertz CT molecular complexity index is 1140. The Morgan fingerprint density at radius 2 is 1.86 bits per heavy atom. The number of tetrazole rings is 1. The van der Waals surface area contributed by atoms with E-state index < -0.39 is 15.9 Å². The van der Waals surface area contributed by atoms with Crippen molar-refractivity contribution in [3.05, 3.63) is 52.5 Å². The maximum absolute atomic E-state index is 12.4. The normalized spacial score (nSPS) is 11.6. The molecule has 9 nitrogen and oxygen atoms in total. The van der Waals surface area contributed by atoms with Crippen molar-refractivity contribution in [2.75, 3.05) is 19.4 Å². The van der Waals surface area contributed by atoms with Crippen LogP contribution in [-0.2, 0) is 21.4 Å². The first kappa shape index (κ1) is 21.1. The van der Waals surface area contributed by atoms with Gasteiger partial charge in [0.2, 0.25) is 21.8 Å². The molecule has 3 rings (SSSR count). The van der Waals surface area contributed by atoms with Gasteiger partial charge in [-0.25, -0.2) is 12.7 Å². The number of carbonyl (C=O) groups is 1. The lowest BCUT2D eigenvalue weighted by Gasteiger charge is -2.14. The largest absolute Gasteiger partial charge is 0.324 e. The van der Waals surface area contributed by atoms with Crippen molar-refractivity contribution in [3.63, 3.8) is 0 Å². The average Bonchev–Trinajstić information content (AvgIpc) is 3.12. The molecule has 0 bridgehead atoms. The Balaban J connectivity index is 1.74. The second-order valence-electron chi connectivity index (χ2n) is 6.46. The van der Waals surface area contributed by atoms with Gasteiger partial charge in [-0.15, -0.1) is 10.2 Å². The van der Waals surface area contributed by atoms with Gasteiger partial charge in [-0.2, -0.15) is 4.80 Å². The number of benzene rings is 2. The molecular weight excluding hydrogens is 460 g/mol. The van der Waals surface area contributed by atoms with Crippen molar-refractivity contribution >= 4 is 37.5 Å². The highest BCUT2D eigenvalue weighted by Crippen LogP contribution is 2.22. The van der Waals surface area contributed by atoms with E-state index >= 15 is 0 Å². The molecule has 3 aromatic rings. The third-order valence-electron chi connectivity index (χ3n) is 4.10. The van der Waals surface area contributed by atoms with E-state index in [1.54, 1.807) is 13.0 Å². The highest BCUT2D eigenvalue weighted by atomic mass is 79.9. The van der Waals surface area contributed by atoms with Crippen molar-refractivity contribution in [1.29, 1.82) is 0 Å². The van der Waals surface area contributed by atoms with Crippen LogP contribution in [0.5, 0.6) is 0 Å². The number of hydrogen-bond acceptors (Lipinski definition) is 6. The maximum atomic E-state index is 12.4. The zero-order chi connectivity index (χ0) is 21.2. The molecule has 1 aromatic heterocycles. The van der Waals surface area contributed by atoms with Gasteiger partial charge in [0.05, 0.1) is 4.90 Å². The Hall–Kier alpha value is -2.63. The molecule has 0 aliphatic rings. The molecule has 0 fully saturated rings. The minimum atomic E-state index is -3.60. The zero-order valence-corrected chi connectivity index (χ0v) is 18.4. The Morgan fingerprint density at radius 3 is 2.52 bits per heavy atom. The van der Waals surface area contributed by atoms with Gasteiger partial charge in [0.25, 0.3) is 0 Å². The third kappa shape index (κ3) is 4.86. The van der Waals surface area contributed by atoms with Crippen molar-refractivity contribution in [3.8, 4) is 11.4 Å². The van der Waals surface area contributed by atoms with Crippen molar-refractivity contribution in [2.45, 2.75) is 18.4 Å². The molecule has 29 heavy (non-hydrogen) atoms. The molecule has 1 amide bonds. The number of amides is 1. The molecule has 152 valence electrons. The van der Waals surface area contributed by atoms with Crippen molar-refractivity contribution in [2.24, 2.45) is 0 Å². The summed E-state index contributed by atoms with van der Waals surface area (Å²) in [7, 11) is -0.700. The van der Waals surface area contributed by atoms with E-state index in [1.165, 1.54) is 31.0 Å². The summed E-state index contributed by atoms with van der Waals surface area (Å²) >= 11 is 3.36.